The molecule has 0 nitrogen and oxygen atoms in total. The highest BCUT2D eigenvalue weighted by molar-refractivity contribution is 8.29. The second-order valence-corrected chi connectivity index (χ2v) is 17.4. The number of rotatable bonds is 6. The van der Waals surface area contributed by atoms with Crippen molar-refractivity contribution in [2.45, 2.75) is 14.7 Å². The molecular formula is C30H24S6. The van der Waals surface area contributed by atoms with Crippen molar-refractivity contribution in [3.05, 3.63) is 138 Å². The minimum atomic E-state index is -0.504. The molecule has 7 rings (SSSR count). The molecule has 0 radical (unpaired) electrons. The Balaban J connectivity index is 1.35. The van der Waals surface area contributed by atoms with Crippen molar-refractivity contribution >= 4 is 81.4 Å². The Morgan fingerprint density at radius 1 is 0.444 bits per heavy atom. The second-order valence-electron chi connectivity index (χ2n) is 8.43. The topological polar surface area (TPSA) is 0 Å². The van der Waals surface area contributed by atoms with Gasteiger partial charge in [0.1, 0.15) is 0 Å². The molecule has 1 aromatic carbocycles. The Labute approximate surface area is 232 Å². The molecular weight excluding hydrogens is 553 g/mol. The van der Waals surface area contributed by atoms with Gasteiger partial charge >= 0.3 is 0 Å². The molecule has 3 atom stereocenters. The molecule has 0 saturated heterocycles. The zero-order valence-corrected chi connectivity index (χ0v) is 24.3. The van der Waals surface area contributed by atoms with Crippen molar-refractivity contribution in [1.29, 1.82) is 0 Å². The smallest absolute Gasteiger partial charge is 0.0395 e. The fourth-order valence-electron chi connectivity index (χ4n) is 4.69. The van der Waals surface area contributed by atoms with Gasteiger partial charge in [0.2, 0.25) is 0 Å². The minimum absolute atomic E-state index is 0.504. The molecule has 3 aromatic heterocycles. The zero-order valence-electron chi connectivity index (χ0n) is 19.2. The van der Waals surface area contributed by atoms with E-state index in [2.05, 4.69) is 123 Å². The van der Waals surface area contributed by atoms with Crippen LogP contribution in [0, 0.1) is 0 Å². The first-order chi connectivity index (χ1) is 17.8. The maximum atomic E-state index is 2.53. The Kier molecular flexibility index (Phi) is 6.34. The summed E-state index contributed by atoms with van der Waals surface area (Å²) in [7, 11) is -1.51. The molecule has 6 heteroatoms. The summed E-state index contributed by atoms with van der Waals surface area (Å²) in [5.74, 6) is 0. The van der Waals surface area contributed by atoms with E-state index < -0.39 is 32.7 Å². The lowest BCUT2D eigenvalue weighted by molar-refractivity contribution is 1.23. The van der Waals surface area contributed by atoms with Crippen LogP contribution in [0.5, 0.6) is 0 Å². The number of thiophene rings is 3. The second kappa shape index (κ2) is 9.93. The number of hydrogen-bond acceptors (Lipinski definition) is 3. The molecule has 0 bridgehead atoms. The number of benzene rings is 1. The Bertz CT molecular complexity index is 1370. The Hall–Kier alpha value is -2.19. The van der Waals surface area contributed by atoms with Gasteiger partial charge in [0.25, 0.3) is 0 Å². The molecule has 0 amide bonds. The highest BCUT2D eigenvalue weighted by Gasteiger charge is 2.24. The molecule has 0 aliphatic carbocycles. The molecule has 0 saturated carbocycles. The van der Waals surface area contributed by atoms with E-state index in [-0.39, 0.29) is 0 Å². The summed E-state index contributed by atoms with van der Waals surface area (Å²) in [6.07, 6.45) is 13.8. The largest absolute Gasteiger partial charge is 0.178 e. The van der Waals surface area contributed by atoms with Gasteiger partial charge in [0, 0.05) is 29.3 Å². The summed E-state index contributed by atoms with van der Waals surface area (Å²) in [4.78, 5) is 13.1. The van der Waals surface area contributed by atoms with Crippen LogP contribution in [0.2, 0.25) is 0 Å². The van der Waals surface area contributed by atoms with Crippen LogP contribution in [-0.4, -0.2) is 0 Å². The van der Waals surface area contributed by atoms with E-state index in [1.165, 1.54) is 44.0 Å². The van der Waals surface area contributed by atoms with Crippen LogP contribution < -0.4 is 0 Å². The lowest BCUT2D eigenvalue weighted by Crippen LogP contribution is -1.91. The Morgan fingerprint density at radius 2 is 0.778 bits per heavy atom. The summed E-state index contributed by atoms with van der Waals surface area (Å²) < 4.78 is 0. The fraction of sp³-hybridized carbons (Fsp3) is 0. The Morgan fingerprint density at radius 3 is 1.06 bits per heavy atom. The molecule has 0 spiro atoms. The van der Waals surface area contributed by atoms with Crippen molar-refractivity contribution < 1.29 is 0 Å². The van der Waals surface area contributed by atoms with Crippen molar-refractivity contribution in [1.82, 2.24) is 0 Å². The van der Waals surface area contributed by atoms with Crippen molar-refractivity contribution in [3.8, 4) is 0 Å². The predicted octanol–water partition coefficient (Wildman–Crippen LogP) is 10.7. The average Bonchev–Trinajstić information content (AvgIpc) is 3.76. The number of thiol groups is 3. The SMILES string of the molecule is C1=C[SH](c2cc([SH]3C=CC=C3c3cccs3)cc([SH]3C=CC=C3c3cccs3)c2)C(c2cccs2)=C1. The lowest BCUT2D eigenvalue weighted by Gasteiger charge is -2.26. The van der Waals surface area contributed by atoms with Crippen molar-refractivity contribution in [3.63, 3.8) is 0 Å². The van der Waals surface area contributed by atoms with Gasteiger partial charge in [-0.2, -0.15) is 32.7 Å². The molecule has 0 fully saturated rings. The van der Waals surface area contributed by atoms with E-state index >= 15 is 0 Å². The third kappa shape index (κ3) is 4.20. The van der Waals surface area contributed by atoms with Crippen LogP contribution in [0.25, 0.3) is 14.7 Å². The van der Waals surface area contributed by atoms with Gasteiger partial charge in [-0.3, -0.25) is 0 Å². The first-order valence-corrected chi connectivity index (χ1v) is 18.5. The van der Waals surface area contributed by atoms with Crippen molar-refractivity contribution in [2.24, 2.45) is 0 Å². The first-order valence-electron chi connectivity index (χ1n) is 11.6. The summed E-state index contributed by atoms with van der Waals surface area (Å²) in [6.45, 7) is 0. The molecule has 3 aliphatic rings. The van der Waals surface area contributed by atoms with Gasteiger partial charge < -0.3 is 0 Å². The summed E-state index contributed by atoms with van der Waals surface area (Å²) in [6, 6.07) is 20.9. The monoisotopic (exact) mass is 576 g/mol. The van der Waals surface area contributed by atoms with Crippen LogP contribution in [0.15, 0.2) is 138 Å². The van der Waals surface area contributed by atoms with Gasteiger partial charge in [0.15, 0.2) is 0 Å². The maximum absolute atomic E-state index is 2.53. The summed E-state index contributed by atoms with van der Waals surface area (Å²) in [5.41, 5.74) is 0. The maximum Gasteiger partial charge on any atom is 0.0395 e. The number of allylic oxidation sites excluding steroid dienone is 6. The molecule has 180 valence electrons. The van der Waals surface area contributed by atoms with Crippen LogP contribution in [0.1, 0.15) is 14.6 Å². The average molecular weight is 577 g/mol. The summed E-state index contributed by atoms with van der Waals surface area (Å²) >= 11 is 5.56. The standard InChI is InChI=1S/C30H24S6/c1-7-25(31-13-1)28-10-4-16-34(28)22-19-23(35-17-5-11-29(35)26-8-2-14-32-26)21-24(20-22)36-18-6-12-30(36)27-9-3-15-33-27/h1-21,34-36H. The molecule has 36 heavy (non-hydrogen) atoms. The predicted molar refractivity (Wildman–Crippen MR) is 173 cm³/mol. The normalized spacial score (nSPS) is 25.3. The van der Waals surface area contributed by atoms with E-state index in [1.54, 1.807) is 0 Å². The van der Waals surface area contributed by atoms with Crippen molar-refractivity contribution in [2.75, 3.05) is 0 Å². The van der Waals surface area contributed by atoms with E-state index in [0.29, 0.717) is 0 Å². The van der Waals surface area contributed by atoms with Crippen LogP contribution >= 0.6 is 66.7 Å². The first kappa shape index (κ1) is 23.0. The highest BCUT2D eigenvalue weighted by atomic mass is 32.2. The van der Waals surface area contributed by atoms with Crippen LogP contribution in [0.4, 0.5) is 0 Å². The molecule has 6 heterocycles. The fourth-order valence-corrected chi connectivity index (χ4v) is 14.3. The quantitative estimate of drug-likeness (QED) is 0.187. The molecule has 3 aliphatic heterocycles. The van der Waals surface area contributed by atoms with Gasteiger partial charge in [-0.1, -0.05) is 36.4 Å². The molecule has 4 aromatic rings. The number of hydrogen-bond donors (Lipinski definition) is 3. The zero-order chi connectivity index (χ0) is 23.9. The van der Waals surface area contributed by atoms with E-state index in [1.807, 2.05) is 34.0 Å². The van der Waals surface area contributed by atoms with Gasteiger partial charge in [-0.25, -0.2) is 0 Å². The van der Waals surface area contributed by atoms with Gasteiger partial charge in [-0.05, 0) is 102 Å². The minimum Gasteiger partial charge on any atom is -0.178 e. The van der Waals surface area contributed by atoms with E-state index in [4.69, 9.17) is 0 Å². The third-order valence-corrected chi connectivity index (χ3v) is 16.0. The van der Waals surface area contributed by atoms with Crippen LogP contribution in [-0.2, 0) is 0 Å². The van der Waals surface area contributed by atoms with Gasteiger partial charge in [-0.15, -0.1) is 34.0 Å². The van der Waals surface area contributed by atoms with Crippen LogP contribution in [0.3, 0.4) is 0 Å². The lowest BCUT2D eigenvalue weighted by atomic mass is 10.4. The molecule has 0 N–H and O–H groups in total. The van der Waals surface area contributed by atoms with Gasteiger partial charge in [0.05, 0.1) is 0 Å². The highest BCUT2D eigenvalue weighted by Crippen LogP contribution is 2.62. The van der Waals surface area contributed by atoms with E-state index in [9.17, 15) is 0 Å². The third-order valence-electron chi connectivity index (χ3n) is 6.29. The molecule has 3 unspecified atom stereocenters. The van der Waals surface area contributed by atoms with E-state index in [0.717, 1.165) is 0 Å². The summed E-state index contributed by atoms with van der Waals surface area (Å²) in [5, 5.41) is 13.9.